The molecule has 1 saturated heterocycles. The van der Waals surface area contributed by atoms with Crippen LogP contribution in [-0.2, 0) is 6.54 Å². The molecule has 21 heavy (non-hydrogen) atoms. The molecular weight excluding hydrogens is 268 g/mol. The van der Waals surface area contributed by atoms with Crippen molar-refractivity contribution in [2.24, 2.45) is 0 Å². The van der Waals surface area contributed by atoms with Gasteiger partial charge in [-0.25, -0.2) is 0 Å². The SMILES string of the molecule is COc1cc(CN(C)C2CCN(C)CC2)cc2c1OCO2. The Morgan fingerprint density at radius 1 is 1.29 bits per heavy atom. The molecule has 5 heteroatoms. The van der Waals surface area contributed by atoms with Crippen LogP contribution < -0.4 is 14.2 Å². The van der Waals surface area contributed by atoms with E-state index in [-0.39, 0.29) is 6.79 Å². The molecule has 0 radical (unpaired) electrons. The highest BCUT2D eigenvalue weighted by Gasteiger charge is 2.23. The number of rotatable bonds is 4. The molecule has 0 saturated carbocycles. The molecule has 3 rings (SSSR count). The third-order valence-corrected chi connectivity index (χ3v) is 4.46. The van der Waals surface area contributed by atoms with Crippen LogP contribution in [0.1, 0.15) is 18.4 Å². The van der Waals surface area contributed by atoms with Crippen LogP contribution in [0.3, 0.4) is 0 Å². The number of methoxy groups -OCH3 is 1. The number of fused-ring (bicyclic) bond motifs is 1. The van der Waals surface area contributed by atoms with E-state index in [2.05, 4.69) is 36.0 Å². The molecule has 0 aromatic heterocycles. The highest BCUT2D eigenvalue weighted by atomic mass is 16.7. The number of piperidine rings is 1. The first-order valence-electron chi connectivity index (χ1n) is 7.52. The quantitative estimate of drug-likeness (QED) is 0.847. The predicted molar refractivity (Wildman–Crippen MR) is 81.1 cm³/mol. The summed E-state index contributed by atoms with van der Waals surface area (Å²) in [5.41, 5.74) is 1.21. The summed E-state index contributed by atoms with van der Waals surface area (Å²) in [5.74, 6) is 2.28. The first kappa shape index (κ1) is 14.5. The van der Waals surface area contributed by atoms with E-state index >= 15 is 0 Å². The summed E-state index contributed by atoms with van der Waals surface area (Å²) in [5, 5.41) is 0. The van der Waals surface area contributed by atoms with Crippen molar-refractivity contribution >= 4 is 0 Å². The zero-order valence-electron chi connectivity index (χ0n) is 13.1. The second kappa shape index (κ2) is 6.12. The fourth-order valence-electron chi connectivity index (χ4n) is 3.13. The standard InChI is InChI=1S/C16H24N2O3/c1-17-6-4-13(5-7-17)18(2)10-12-8-14(19-3)16-15(9-12)20-11-21-16/h8-9,13H,4-7,10-11H2,1-3H3. The van der Waals surface area contributed by atoms with Gasteiger partial charge in [0.25, 0.3) is 0 Å². The topological polar surface area (TPSA) is 34.2 Å². The molecule has 2 aliphatic heterocycles. The van der Waals surface area contributed by atoms with E-state index in [9.17, 15) is 0 Å². The van der Waals surface area contributed by atoms with E-state index in [1.54, 1.807) is 7.11 Å². The van der Waals surface area contributed by atoms with Gasteiger partial charge in [-0.05, 0) is 57.7 Å². The molecule has 1 fully saturated rings. The third-order valence-electron chi connectivity index (χ3n) is 4.46. The minimum absolute atomic E-state index is 0.278. The van der Waals surface area contributed by atoms with Crippen LogP contribution >= 0.6 is 0 Å². The number of benzene rings is 1. The number of hydrogen-bond acceptors (Lipinski definition) is 5. The summed E-state index contributed by atoms with van der Waals surface area (Å²) in [7, 11) is 6.06. The second-order valence-corrected chi connectivity index (χ2v) is 5.98. The smallest absolute Gasteiger partial charge is 0.231 e. The molecule has 1 aromatic carbocycles. The molecule has 0 unspecified atom stereocenters. The van der Waals surface area contributed by atoms with Gasteiger partial charge in [0, 0.05) is 12.6 Å². The van der Waals surface area contributed by atoms with Crippen LogP contribution in [0.4, 0.5) is 0 Å². The fourth-order valence-corrected chi connectivity index (χ4v) is 3.13. The second-order valence-electron chi connectivity index (χ2n) is 5.98. The van der Waals surface area contributed by atoms with Crippen molar-refractivity contribution in [3.63, 3.8) is 0 Å². The minimum Gasteiger partial charge on any atom is -0.493 e. The van der Waals surface area contributed by atoms with Crippen LogP contribution in [0.15, 0.2) is 12.1 Å². The lowest BCUT2D eigenvalue weighted by molar-refractivity contribution is 0.139. The molecule has 0 bridgehead atoms. The van der Waals surface area contributed by atoms with Crippen LogP contribution in [0.25, 0.3) is 0 Å². The summed E-state index contributed by atoms with van der Waals surface area (Å²) in [6.45, 7) is 3.54. The Balaban J connectivity index is 1.70. The summed E-state index contributed by atoms with van der Waals surface area (Å²) in [6.07, 6.45) is 2.46. The highest BCUT2D eigenvalue weighted by Crippen LogP contribution is 2.42. The lowest BCUT2D eigenvalue weighted by Crippen LogP contribution is -2.41. The van der Waals surface area contributed by atoms with E-state index in [1.807, 2.05) is 0 Å². The molecule has 0 N–H and O–H groups in total. The Hall–Kier alpha value is -1.46. The predicted octanol–water partition coefficient (Wildman–Crippen LogP) is 1.95. The van der Waals surface area contributed by atoms with Crippen molar-refractivity contribution in [1.29, 1.82) is 0 Å². The maximum Gasteiger partial charge on any atom is 0.231 e. The third kappa shape index (κ3) is 3.09. The van der Waals surface area contributed by atoms with Gasteiger partial charge in [0.2, 0.25) is 12.5 Å². The van der Waals surface area contributed by atoms with Crippen molar-refractivity contribution in [3.8, 4) is 17.2 Å². The van der Waals surface area contributed by atoms with E-state index in [0.29, 0.717) is 6.04 Å². The van der Waals surface area contributed by atoms with Crippen molar-refractivity contribution < 1.29 is 14.2 Å². The number of nitrogens with zero attached hydrogens (tertiary/aromatic N) is 2. The van der Waals surface area contributed by atoms with Crippen LogP contribution in [0.2, 0.25) is 0 Å². The van der Waals surface area contributed by atoms with Crippen molar-refractivity contribution in [2.75, 3.05) is 41.1 Å². The monoisotopic (exact) mass is 292 g/mol. The summed E-state index contributed by atoms with van der Waals surface area (Å²) in [4.78, 5) is 4.83. The average molecular weight is 292 g/mol. The summed E-state index contributed by atoms with van der Waals surface area (Å²) >= 11 is 0. The summed E-state index contributed by atoms with van der Waals surface area (Å²) in [6, 6.07) is 4.77. The zero-order valence-corrected chi connectivity index (χ0v) is 13.1. The molecule has 2 heterocycles. The van der Waals surface area contributed by atoms with Crippen LogP contribution in [0, 0.1) is 0 Å². The average Bonchev–Trinajstić information content (AvgIpc) is 2.95. The van der Waals surface area contributed by atoms with Crippen molar-refractivity contribution in [3.05, 3.63) is 17.7 Å². The van der Waals surface area contributed by atoms with Crippen LogP contribution in [-0.4, -0.2) is 56.9 Å². The van der Waals surface area contributed by atoms with Gasteiger partial charge in [-0.1, -0.05) is 0 Å². The molecule has 1 aromatic rings. The lowest BCUT2D eigenvalue weighted by Gasteiger charge is -2.35. The molecule has 0 aliphatic carbocycles. The molecule has 116 valence electrons. The first-order chi connectivity index (χ1) is 10.2. The normalized spacial score (nSPS) is 19.2. The fraction of sp³-hybridized carbons (Fsp3) is 0.625. The summed E-state index contributed by atoms with van der Waals surface area (Å²) < 4.78 is 16.3. The number of ether oxygens (including phenoxy) is 3. The van der Waals surface area contributed by atoms with E-state index in [0.717, 1.165) is 23.8 Å². The number of likely N-dealkylation sites (tertiary alicyclic amines) is 1. The molecule has 0 spiro atoms. The van der Waals surface area contributed by atoms with Gasteiger partial charge < -0.3 is 19.1 Å². The largest absolute Gasteiger partial charge is 0.493 e. The molecule has 0 amide bonds. The lowest BCUT2D eigenvalue weighted by atomic mass is 10.0. The van der Waals surface area contributed by atoms with E-state index in [1.165, 1.54) is 31.5 Å². The van der Waals surface area contributed by atoms with Crippen LogP contribution in [0.5, 0.6) is 17.2 Å². The molecule has 0 atom stereocenters. The Kier molecular flexibility index (Phi) is 4.22. The Labute approximate surface area is 126 Å². The molecule has 2 aliphatic rings. The minimum atomic E-state index is 0.278. The number of hydrogen-bond donors (Lipinski definition) is 0. The van der Waals surface area contributed by atoms with Crippen molar-refractivity contribution in [2.45, 2.75) is 25.4 Å². The molecular formula is C16H24N2O3. The van der Waals surface area contributed by atoms with Gasteiger partial charge in [-0.2, -0.15) is 0 Å². The Morgan fingerprint density at radius 3 is 2.76 bits per heavy atom. The van der Waals surface area contributed by atoms with E-state index in [4.69, 9.17) is 14.2 Å². The van der Waals surface area contributed by atoms with Gasteiger partial charge in [0.15, 0.2) is 11.5 Å². The van der Waals surface area contributed by atoms with Crippen molar-refractivity contribution in [1.82, 2.24) is 9.80 Å². The molecule has 5 nitrogen and oxygen atoms in total. The maximum absolute atomic E-state index is 5.50. The van der Waals surface area contributed by atoms with Gasteiger partial charge >= 0.3 is 0 Å². The van der Waals surface area contributed by atoms with Gasteiger partial charge in [-0.15, -0.1) is 0 Å². The Morgan fingerprint density at radius 2 is 2.05 bits per heavy atom. The Bertz CT molecular complexity index is 499. The first-order valence-corrected chi connectivity index (χ1v) is 7.52. The van der Waals surface area contributed by atoms with Gasteiger partial charge in [-0.3, -0.25) is 4.90 Å². The van der Waals surface area contributed by atoms with Gasteiger partial charge in [0.05, 0.1) is 7.11 Å². The highest BCUT2D eigenvalue weighted by molar-refractivity contribution is 5.55. The van der Waals surface area contributed by atoms with Gasteiger partial charge in [0.1, 0.15) is 0 Å². The maximum atomic E-state index is 5.50. The van der Waals surface area contributed by atoms with E-state index < -0.39 is 0 Å². The zero-order chi connectivity index (χ0) is 14.8.